The van der Waals surface area contributed by atoms with Gasteiger partial charge in [0.2, 0.25) is 0 Å². The number of halogens is 3. The molecule has 0 aliphatic carbocycles. The van der Waals surface area contributed by atoms with Crippen molar-refractivity contribution in [1.82, 2.24) is 29.9 Å². The Morgan fingerprint density at radius 1 is 1.02 bits per heavy atom. The molecule has 0 radical (unpaired) electrons. The highest BCUT2D eigenvalue weighted by atomic mass is 32.1. The molecule has 0 fully saturated rings. The molecule has 5 heterocycles. The number of nitrogens with one attached hydrogen (secondary N) is 1. The molecule has 0 bridgehead atoms. The van der Waals surface area contributed by atoms with Crippen LogP contribution >= 0.6 is 11.3 Å². The molecule has 2 aromatic carbocycles. The van der Waals surface area contributed by atoms with Crippen LogP contribution in [0.4, 0.5) is 13.2 Å². The Morgan fingerprint density at radius 3 is 2.70 bits per heavy atom. The zero-order valence-corrected chi connectivity index (χ0v) is 24.4. The van der Waals surface area contributed by atoms with Crippen molar-refractivity contribution < 1.29 is 22.6 Å². The number of hydrogen-bond acceptors (Lipinski definition) is 7. The fourth-order valence-electron chi connectivity index (χ4n) is 5.70. The zero-order chi connectivity index (χ0) is 29.8. The van der Waals surface area contributed by atoms with Gasteiger partial charge in [0.15, 0.2) is 0 Å². The van der Waals surface area contributed by atoms with Gasteiger partial charge in [0.25, 0.3) is 0 Å². The third kappa shape index (κ3) is 4.75. The average molecular weight is 605 g/mol. The first-order chi connectivity index (χ1) is 20.8. The van der Waals surface area contributed by atoms with Crippen molar-refractivity contribution in [2.45, 2.75) is 19.5 Å². The van der Waals surface area contributed by atoms with Gasteiger partial charge in [-0.1, -0.05) is 12.1 Å². The monoisotopic (exact) mass is 604 g/mol. The fraction of sp³-hybridized carbons (Fsp3) is 0.258. The second kappa shape index (κ2) is 10.8. The fourth-order valence-corrected chi connectivity index (χ4v) is 6.63. The Kier molecular flexibility index (Phi) is 6.91. The predicted molar refractivity (Wildman–Crippen MR) is 160 cm³/mol. The SMILES string of the molecule is COCCOc1cc(F)cc(F)c1-c1c(-c2cc3n(n2)CCNC3C)nc(-c2ccc3cn(C)nc3c2)c2scc(F)c12. The predicted octanol–water partition coefficient (Wildman–Crippen LogP) is 6.49. The minimum absolute atomic E-state index is 0.0154. The molecule has 6 aromatic rings. The number of pyridine rings is 1. The quantitative estimate of drug-likeness (QED) is 0.210. The van der Waals surface area contributed by atoms with Crippen LogP contribution in [0.15, 0.2) is 48.0 Å². The maximum Gasteiger partial charge on any atom is 0.142 e. The number of aryl methyl sites for hydroxylation is 1. The van der Waals surface area contributed by atoms with Crippen LogP contribution in [-0.2, 0) is 18.3 Å². The lowest BCUT2D eigenvalue weighted by Gasteiger charge is -2.21. The van der Waals surface area contributed by atoms with Crippen molar-refractivity contribution in [2.75, 3.05) is 26.9 Å². The van der Waals surface area contributed by atoms with Crippen LogP contribution < -0.4 is 10.1 Å². The Balaban J connectivity index is 1.56. The lowest BCUT2D eigenvalue weighted by Crippen LogP contribution is -2.31. The van der Waals surface area contributed by atoms with Crippen LogP contribution in [0.25, 0.3) is 54.8 Å². The number of nitrogens with zero attached hydrogens (tertiary/aromatic N) is 5. The summed E-state index contributed by atoms with van der Waals surface area (Å²) in [7, 11) is 3.34. The van der Waals surface area contributed by atoms with Gasteiger partial charge in [-0.05, 0) is 19.1 Å². The molecule has 1 aliphatic rings. The van der Waals surface area contributed by atoms with Gasteiger partial charge in [0.1, 0.15) is 41.2 Å². The topological polar surface area (TPSA) is 79.0 Å². The van der Waals surface area contributed by atoms with Gasteiger partial charge in [0.05, 0.1) is 40.3 Å². The third-order valence-corrected chi connectivity index (χ3v) is 8.61. The number of rotatable bonds is 7. The molecule has 0 spiro atoms. The maximum atomic E-state index is 16.0. The molecule has 1 N–H and O–H groups in total. The summed E-state index contributed by atoms with van der Waals surface area (Å²) >= 11 is 1.17. The first-order valence-electron chi connectivity index (χ1n) is 13.8. The van der Waals surface area contributed by atoms with E-state index >= 15 is 8.78 Å². The van der Waals surface area contributed by atoms with E-state index in [4.69, 9.17) is 19.6 Å². The lowest BCUT2D eigenvalue weighted by molar-refractivity contribution is 0.146. The van der Waals surface area contributed by atoms with Crippen LogP contribution in [0, 0.1) is 17.5 Å². The third-order valence-electron chi connectivity index (χ3n) is 7.65. The van der Waals surface area contributed by atoms with Crippen LogP contribution in [0.3, 0.4) is 0 Å². The highest BCUT2D eigenvalue weighted by Gasteiger charge is 2.29. The van der Waals surface area contributed by atoms with E-state index in [1.54, 1.807) is 4.68 Å². The van der Waals surface area contributed by atoms with Crippen LogP contribution in [-0.4, -0.2) is 51.4 Å². The summed E-state index contributed by atoms with van der Waals surface area (Å²) in [6.07, 6.45) is 1.91. The normalized spacial score (nSPS) is 15.0. The molecule has 7 rings (SSSR count). The Labute approximate surface area is 248 Å². The highest BCUT2D eigenvalue weighted by molar-refractivity contribution is 7.17. The van der Waals surface area contributed by atoms with E-state index < -0.39 is 17.5 Å². The molecule has 12 heteroatoms. The van der Waals surface area contributed by atoms with E-state index in [9.17, 15) is 4.39 Å². The van der Waals surface area contributed by atoms with Crippen molar-refractivity contribution in [3.8, 4) is 39.5 Å². The molecular formula is C31H27F3N6O2S. The van der Waals surface area contributed by atoms with Gasteiger partial charge in [-0.2, -0.15) is 10.2 Å². The second-order valence-electron chi connectivity index (χ2n) is 10.5. The molecule has 0 saturated heterocycles. The molecular weight excluding hydrogens is 577 g/mol. The molecule has 1 aliphatic heterocycles. The average Bonchev–Trinajstić information content (AvgIpc) is 3.69. The number of fused-ring (bicyclic) bond motifs is 3. The van der Waals surface area contributed by atoms with Crippen molar-refractivity contribution in [3.63, 3.8) is 0 Å². The summed E-state index contributed by atoms with van der Waals surface area (Å²) in [5, 5.41) is 15.3. The first kappa shape index (κ1) is 27.6. The van der Waals surface area contributed by atoms with Crippen molar-refractivity contribution >= 4 is 32.3 Å². The molecule has 1 unspecified atom stereocenters. The van der Waals surface area contributed by atoms with E-state index in [2.05, 4.69) is 10.4 Å². The van der Waals surface area contributed by atoms with E-state index in [1.165, 1.54) is 23.8 Å². The van der Waals surface area contributed by atoms with Gasteiger partial charge in [-0.25, -0.2) is 18.2 Å². The number of ether oxygens (including phenoxy) is 2. The standard InChI is InChI=1S/C31H27F3N6O2S/c1-16-24-13-23(38-40(24)7-6-35-16)30-28(26-20(33)11-19(32)12-25(26)42-9-8-41-3)27-21(34)15-43-31(27)29(36-30)17-4-5-18-14-39(2)37-22(18)10-17/h4-5,10-16,35H,6-9H2,1-3H3. The Hall–Kier alpha value is -4.26. The molecule has 4 aromatic heterocycles. The summed E-state index contributed by atoms with van der Waals surface area (Å²) in [5.74, 6) is -2.34. The molecule has 0 saturated carbocycles. The Bertz CT molecular complexity index is 2020. The summed E-state index contributed by atoms with van der Waals surface area (Å²) in [5.41, 5.74) is 3.68. The van der Waals surface area contributed by atoms with Gasteiger partial charge >= 0.3 is 0 Å². The minimum atomic E-state index is -0.899. The number of methoxy groups -OCH3 is 1. The highest BCUT2D eigenvalue weighted by Crippen LogP contribution is 2.48. The number of thiophene rings is 1. The summed E-state index contributed by atoms with van der Waals surface area (Å²) in [4.78, 5) is 5.09. The molecule has 1 atom stereocenters. The summed E-state index contributed by atoms with van der Waals surface area (Å²) in [6, 6.07) is 9.52. The van der Waals surface area contributed by atoms with E-state index in [1.807, 2.05) is 49.1 Å². The van der Waals surface area contributed by atoms with E-state index in [0.717, 1.165) is 40.8 Å². The second-order valence-corrected chi connectivity index (χ2v) is 11.4. The van der Waals surface area contributed by atoms with Crippen molar-refractivity contribution in [2.24, 2.45) is 7.05 Å². The zero-order valence-electron chi connectivity index (χ0n) is 23.6. The number of hydrogen-bond donors (Lipinski definition) is 1. The lowest BCUT2D eigenvalue weighted by atomic mass is 9.94. The van der Waals surface area contributed by atoms with Crippen LogP contribution in [0.1, 0.15) is 18.7 Å². The van der Waals surface area contributed by atoms with Gasteiger partial charge in [0, 0.05) is 72.4 Å². The van der Waals surface area contributed by atoms with Crippen molar-refractivity contribution in [3.05, 3.63) is 71.1 Å². The molecule has 220 valence electrons. The largest absolute Gasteiger partial charge is 0.490 e. The molecule has 8 nitrogen and oxygen atoms in total. The smallest absolute Gasteiger partial charge is 0.142 e. The summed E-state index contributed by atoms with van der Waals surface area (Å²) < 4.78 is 61.4. The summed E-state index contributed by atoms with van der Waals surface area (Å²) in [6.45, 7) is 3.62. The van der Waals surface area contributed by atoms with Crippen molar-refractivity contribution in [1.29, 1.82) is 0 Å². The number of benzene rings is 2. The Morgan fingerprint density at radius 2 is 1.88 bits per heavy atom. The van der Waals surface area contributed by atoms with E-state index in [-0.39, 0.29) is 47.2 Å². The molecule has 0 amide bonds. The van der Waals surface area contributed by atoms with E-state index in [0.29, 0.717) is 22.6 Å². The number of aromatic nitrogens is 5. The van der Waals surface area contributed by atoms with Gasteiger partial charge in [-0.15, -0.1) is 11.3 Å². The minimum Gasteiger partial charge on any atom is -0.490 e. The van der Waals surface area contributed by atoms with Gasteiger partial charge < -0.3 is 14.8 Å². The van der Waals surface area contributed by atoms with Crippen LogP contribution in [0.2, 0.25) is 0 Å². The van der Waals surface area contributed by atoms with Crippen LogP contribution in [0.5, 0.6) is 5.75 Å². The maximum absolute atomic E-state index is 16.0. The first-order valence-corrected chi connectivity index (χ1v) is 14.7. The molecule has 43 heavy (non-hydrogen) atoms. The van der Waals surface area contributed by atoms with Gasteiger partial charge in [-0.3, -0.25) is 9.36 Å².